The Balaban J connectivity index is 2.91. The van der Waals surface area contributed by atoms with E-state index in [2.05, 4.69) is 0 Å². The summed E-state index contributed by atoms with van der Waals surface area (Å²) in [7, 11) is 19.4. The van der Waals surface area contributed by atoms with Crippen LogP contribution in [0.25, 0.3) is 0 Å². The number of halogens is 4. The number of hydrogen-bond donors (Lipinski definition) is 0. The van der Waals surface area contributed by atoms with Crippen molar-refractivity contribution in [3.05, 3.63) is 30.3 Å². The van der Waals surface area contributed by atoms with Crippen LogP contribution >= 0.6 is 37.7 Å². The fourth-order valence-electron chi connectivity index (χ4n) is 1.15. The van der Waals surface area contributed by atoms with Gasteiger partial charge in [-0.2, -0.15) is 0 Å². The summed E-state index contributed by atoms with van der Waals surface area (Å²) in [6.07, 6.45) is 1.65. The van der Waals surface area contributed by atoms with Crippen LogP contribution in [0, 0.1) is 0 Å². The standard InChI is InChI=1S/C6H6O.C4H9.4ClH.W/c7-6-4-2-1-3-5-6;1-3-4-2;;;;;/h1-5,7H;1,3-4H2,2H3;4*1H;/q;;;;;;+5/p-5. The van der Waals surface area contributed by atoms with E-state index in [4.69, 9.17) is 41.1 Å². The van der Waals surface area contributed by atoms with Gasteiger partial charge in [0, 0.05) is 0 Å². The molecule has 1 rings (SSSR count). The molecule has 0 saturated heterocycles. The molecule has 0 heterocycles. The van der Waals surface area contributed by atoms with E-state index in [1.807, 2.05) is 25.1 Å². The van der Waals surface area contributed by atoms with Crippen LogP contribution in [-0.2, 0) is 9.77 Å². The molecule has 0 fully saturated rings. The van der Waals surface area contributed by atoms with E-state index < -0.39 is 9.77 Å². The SMILES string of the molecule is CCC[CH2][W]([Cl])([Cl])([Cl])([Cl])[O]c1ccccc1. The van der Waals surface area contributed by atoms with Crippen molar-refractivity contribution < 1.29 is 13.2 Å². The van der Waals surface area contributed by atoms with Crippen molar-refractivity contribution in [2.24, 2.45) is 0 Å². The second-order valence-electron chi connectivity index (χ2n) is 3.61. The fourth-order valence-corrected chi connectivity index (χ4v) is 12.4. The Hall–Kier alpha value is 0.868. The first-order valence-corrected chi connectivity index (χ1v) is 22.7. The van der Waals surface area contributed by atoms with Crippen molar-refractivity contribution >= 4 is 37.7 Å². The normalized spacial score (nSPS) is 16.3. The van der Waals surface area contributed by atoms with Gasteiger partial charge in [0.25, 0.3) is 0 Å². The monoisotopic (exact) mass is 474 g/mol. The summed E-state index contributed by atoms with van der Waals surface area (Å²) >= 11 is 0. The Morgan fingerprint density at radius 3 is 2.12 bits per heavy atom. The third-order valence-electron chi connectivity index (χ3n) is 1.91. The molecule has 1 aromatic carbocycles. The summed E-state index contributed by atoms with van der Waals surface area (Å²) < 4.78 is 5.54. The van der Waals surface area contributed by atoms with Gasteiger partial charge in [0.05, 0.1) is 0 Å². The Morgan fingerprint density at radius 1 is 1.06 bits per heavy atom. The molecule has 0 N–H and O–H groups in total. The van der Waals surface area contributed by atoms with E-state index in [-0.39, 0.29) is 0 Å². The van der Waals surface area contributed by atoms with Gasteiger partial charge in [0.2, 0.25) is 0 Å². The number of unbranched alkanes of at least 4 members (excludes halogenated alkanes) is 1. The van der Waals surface area contributed by atoms with Gasteiger partial charge in [0.15, 0.2) is 0 Å². The van der Waals surface area contributed by atoms with Crippen molar-refractivity contribution in [1.82, 2.24) is 0 Å². The Labute approximate surface area is 111 Å². The summed E-state index contributed by atoms with van der Waals surface area (Å²) in [5.41, 5.74) is 0. The molecule has 0 atom stereocenters. The van der Waals surface area contributed by atoms with Gasteiger partial charge < -0.3 is 0 Å². The first kappa shape index (κ1) is 14.9. The van der Waals surface area contributed by atoms with Crippen LogP contribution in [0.2, 0.25) is 4.81 Å². The summed E-state index contributed by atoms with van der Waals surface area (Å²) in [5.74, 6) is 0.505. The maximum atomic E-state index is 6.24. The van der Waals surface area contributed by atoms with Crippen LogP contribution in [-0.4, -0.2) is 0 Å². The van der Waals surface area contributed by atoms with E-state index in [0.717, 1.165) is 12.8 Å². The van der Waals surface area contributed by atoms with E-state index in [0.29, 0.717) is 10.6 Å². The predicted molar refractivity (Wildman–Crippen MR) is 70.2 cm³/mol. The average Bonchev–Trinajstić information content (AvgIpc) is 2.14. The summed E-state index contributed by atoms with van der Waals surface area (Å²) in [4.78, 5) is 0.303. The van der Waals surface area contributed by atoms with Crippen molar-refractivity contribution in [2.75, 3.05) is 0 Å². The molecular formula is C10H14Cl4OW. The Kier molecular flexibility index (Phi) is 4.21. The second kappa shape index (κ2) is 4.52. The third-order valence-corrected chi connectivity index (χ3v) is 14.9. The Bertz CT molecular complexity index is 358. The van der Waals surface area contributed by atoms with Crippen LogP contribution in [0.15, 0.2) is 30.3 Å². The molecule has 1 aromatic rings. The molecule has 0 aliphatic rings. The van der Waals surface area contributed by atoms with Crippen molar-refractivity contribution in [3.63, 3.8) is 0 Å². The molecule has 16 heavy (non-hydrogen) atoms. The number of benzene rings is 1. The van der Waals surface area contributed by atoms with Gasteiger partial charge >= 0.3 is 111 Å². The molecule has 0 saturated carbocycles. The van der Waals surface area contributed by atoms with Gasteiger partial charge in [-0.05, 0) is 0 Å². The zero-order valence-electron chi connectivity index (χ0n) is 8.84. The molecule has 0 radical (unpaired) electrons. The van der Waals surface area contributed by atoms with E-state index in [1.54, 1.807) is 12.1 Å². The van der Waals surface area contributed by atoms with Crippen LogP contribution < -0.4 is 3.39 Å². The van der Waals surface area contributed by atoms with Crippen LogP contribution in [0.4, 0.5) is 0 Å². The topological polar surface area (TPSA) is 9.23 Å². The molecule has 0 aliphatic heterocycles. The van der Waals surface area contributed by atoms with Gasteiger partial charge in [0.1, 0.15) is 0 Å². The predicted octanol–water partition coefficient (Wildman–Crippen LogP) is 6.04. The van der Waals surface area contributed by atoms with Crippen molar-refractivity contribution in [2.45, 2.75) is 24.6 Å². The first-order valence-electron chi connectivity index (χ1n) is 4.89. The number of para-hydroxylation sites is 1. The fraction of sp³-hybridized carbons (Fsp3) is 0.400. The molecular weight excluding hydrogens is 462 g/mol. The first-order chi connectivity index (χ1) is 7.14. The second-order valence-corrected chi connectivity index (χ2v) is 48.2. The number of rotatable bonds is 5. The zero-order valence-corrected chi connectivity index (χ0v) is 14.8. The maximum absolute atomic E-state index is 6.24. The minimum absolute atomic E-state index is 0.303. The van der Waals surface area contributed by atoms with Crippen LogP contribution in [0.3, 0.4) is 0 Å². The molecule has 0 aliphatic carbocycles. The molecule has 0 amide bonds. The van der Waals surface area contributed by atoms with Gasteiger partial charge in [-0.3, -0.25) is 0 Å². The molecule has 0 unspecified atom stereocenters. The summed E-state index contributed by atoms with van der Waals surface area (Å²) in [5, 5.41) is 0. The third kappa shape index (κ3) is 5.47. The Morgan fingerprint density at radius 2 is 1.62 bits per heavy atom. The van der Waals surface area contributed by atoms with Gasteiger partial charge in [-0.1, -0.05) is 0 Å². The zero-order chi connectivity index (χ0) is 12.3. The summed E-state index contributed by atoms with van der Waals surface area (Å²) in [6, 6.07) is 8.94. The van der Waals surface area contributed by atoms with Gasteiger partial charge in [-0.25, -0.2) is 0 Å². The molecule has 1 nitrogen and oxygen atoms in total. The van der Waals surface area contributed by atoms with Gasteiger partial charge in [-0.15, -0.1) is 0 Å². The van der Waals surface area contributed by atoms with Crippen molar-refractivity contribution in [1.29, 1.82) is 0 Å². The molecule has 0 aromatic heterocycles. The summed E-state index contributed by atoms with van der Waals surface area (Å²) in [6.45, 7) is 2.01. The quantitative estimate of drug-likeness (QED) is 0.504. The molecule has 0 bridgehead atoms. The van der Waals surface area contributed by atoms with E-state index in [9.17, 15) is 0 Å². The molecule has 94 valence electrons. The van der Waals surface area contributed by atoms with Crippen LogP contribution in [0.5, 0.6) is 5.75 Å². The van der Waals surface area contributed by atoms with Crippen molar-refractivity contribution in [3.8, 4) is 5.75 Å². The van der Waals surface area contributed by atoms with E-state index >= 15 is 0 Å². The van der Waals surface area contributed by atoms with E-state index in [1.165, 1.54) is 0 Å². The molecule has 0 spiro atoms. The molecule has 6 heteroatoms. The average molecular weight is 476 g/mol. The number of hydrogen-bond acceptors (Lipinski definition) is 1. The van der Waals surface area contributed by atoms with Crippen LogP contribution in [0.1, 0.15) is 19.8 Å². The minimum atomic E-state index is -5.50.